The molecule has 0 spiro atoms. The highest BCUT2D eigenvalue weighted by Gasteiger charge is 2.31. The lowest BCUT2D eigenvalue weighted by Crippen LogP contribution is -2.45. The van der Waals surface area contributed by atoms with Gasteiger partial charge in [0.2, 0.25) is 0 Å². The van der Waals surface area contributed by atoms with Crippen LogP contribution in [0.3, 0.4) is 0 Å². The lowest BCUT2D eigenvalue weighted by molar-refractivity contribution is -0.0784. The first-order chi connectivity index (χ1) is 8.06. The van der Waals surface area contributed by atoms with Crippen molar-refractivity contribution in [2.45, 2.75) is 58.6 Å². The lowest BCUT2D eigenvalue weighted by Gasteiger charge is -2.38. The third kappa shape index (κ3) is 5.84. The van der Waals surface area contributed by atoms with Crippen LogP contribution in [-0.2, 0) is 9.47 Å². The van der Waals surface area contributed by atoms with E-state index in [1.807, 2.05) is 0 Å². The lowest BCUT2D eigenvalue weighted by atomic mass is 9.90. The number of ether oxygens (including phenoxy) is 2. The number of hydrogen-bond acceptors (Lipinski definition) is 3. The Balaban J connectivity index is 2.11. The van der Waals surface area contributed by atoms with E-state index in [1.165, 1.54) is 0 Å². The van der Waals surface area contributed by atoms with Crippen molar-refractivity contribution < 1.29 is 9.47 Å². The molecule has 1 aliphatic heterocycles. The zero-order valence-corrected chi connectivity index (χ0v) is 11.9. The molecule has 1 heterocycles. The molecule has 3 nitrogen and oxygen atoms in total. The van der Waals surface area contributed by atoms with E-state index in [2.05, 4.69) is 33.0 Å². The van der Waals surface area contributed by atoms with Gasteiger partial charge in [0.1, 0.15) is 0 Å². The highest BCUT2D eigenvalue weighted by molar-refractivity contribution is 4.85. The maximum Gasteiger partial charge on any atom is 0.0666 e. The van der Waals surface area contributed by atoms with Gasteiger partial charge in [-0.3, -0.25) is 0 Å². The number of nitrogens with one attached hydrogen (secondary N) is 1. The first-order valence-corrected chi connectivity index (χ1v) is 7.01. The van der Waals surface area contributed by atoms with Crippen LogP contribution in [0.15, 0.2) is 0 Å². The van der Waals surface area contributed by atoms with Gasteiger partial charge in [0.25, 0.3) is 0 Å². The summed E-state index contributed by atoms with van der Waals surface area (Å²) < 4.78 is 11.4. The quantitative estimate of drug-likeness (QED) is 0.697. The van der Waals surface area contributed by atoms with Crippen molar-refractivity contribution in [3.05, 3.63) is 0 Å². The van der Waals surface area contributed by atoms with E-state index in [0.29, 0.717) is 12.0 Å². The average molecular weight is 243 g/mol. The predicted molar refractivity (Wildman–Crippen MR) is 71.3 cm³/mol. The zero-order chi connectivity index (χ0) is 12.7. The Kier molecular flexibility index (Phi) is 6.45. The van der Waals surface area contributed by atoms with Gasteiger partial charge < -0.3 is 14.8 Å². The molecule has 0 aromatic carbocycles. The molecule has 0 bridgehead atoms. The van der Waals surface area contributed by atoms with Crippen molar-refractivity contribution in [3.8, 4) is 0 Å². The van der Waals surface area contributed by atoms with Crippen LogP contribution in [0.25, 0.3) is 0 Å². The second kappa shape index (κ2) is 7.34. The zero-order valence-electron chi connectivity index (χ0n) is 11.9. The minimum atomic E-state index is 0.0781. The van der Waals surface area contributed by atoms with Gasteiger partial charge >= 0.3 is 0 Å². The monoisotopic (exact) mass is 243 g/mol. The van der Waals surface area contributed by atoms with E-state index < -0.39 is 0 Å². The van der Waals surface area contributed by atoms with Crippen molar-refractivity contribution in [2.24, 2.45) is 5.92 Å². The van der Waals surface area contributed by atoms with Crippen molar-refractivity contribution in [1.82, 2.24) is 5.32 Å². The molecule has 0 aliphatic carbocycles. The average Bonchev–Trinajstić information content (AvgIpc) is 2.28. The second-order valence-electron chi connectivity index (χ2n) is 5.76. The molecule has 0 saturated carbocycles. The molecule has 2 unspecified atom stereocenters. The van der Waals surface area contributed by atoms with Crippen LogP contribution >= 0.6 is 0 Å². The highest BCUT2D eigenvalue weighted by atomic mass is 16.5. The molecular weight excluding hydrogens is 214 g/mol. The largest absolute Gasteiger partial charge is 0.380 e. The first-order valence-electron chi connectivity index (χ1n) is 7.01. The van der Waals surface area contributed by atoms with Gasteiger partial charge in [0.15, 0.2) is 0 Å². The Bertz CT molecular complexity index is 208. The fraction of sp³-hybridized carbons (Fsp3) is 1.00. The first kappa shape index (κ1) is 14.9. The summed E-state index contributed by atoms with van der Waals surface area (Å²) in [7, 11) is 0. The molecule has 0 aromatic rings. The van der Waals surface area contributed by atoms with Crippen LogP contribution in [-0.4, -0.2) is 38.0 Å². The van der Waals surface area contributed by atoms with Crippen LogP contribution in [0.1, 0.15) is 47.0 Å². The summed E-state index contributed by atoms with van der Waals surface area (Å²) in [4.78, 5) is 0. The third-order valence-corrected chi connectivity index (χ3v) is 3.47. The van der Waals surface area contributed by atoms with Crippen LogP contribution in [0.2, 0.25) is 0 Å². The molecule has 1 aliphatic rings. The molecule has 3 heteroatoms. The molecule has 2 atom stereocenters. The van der Waals surface area contributed by atoms with Crippen LogP contribution in [0, 0.1) is 5.92 Å². The van der Waals surface area contributed by atoms with Gasteiger partial charge in [0, 0.05) is 25.8 Å². The van der Waals surface area contributed by atoms with Crippen LogP contribution in [0.4, 0.5) is 0 Å². The van der Waals surface area contributed by atoms with E-state index in [9.17, 15) is 0 Å². The summed E-state index contributed by atoms with van der Waals surface area (Å²) in [6.45, 7) is 12.3. The predicted octanol–water partition coefficient (Wildman–Crippen LogP) is 2.60. The summed E-state index contributed by atoms with van der Waals surface area (Å²) in [5, 5.41) is 3.58. The fourth-order valence-corrected chi connectivity index (χ4v) is 2.20. The molecule has 1 fully saturated rings. The van der Waals surface area contributed by atoms with Crippen molar-refractivity contribution in [3.63, 3.8) is 0 Å². The second-order valence-corrected chi connectivity index (χ2v) is 5.76. The topological polar surface area (TPSA) is 30.5 Å². The fourth-order valence-electron chi connectivity index (χ4n) is 2.20. The highest BCUT2D eigenvalue weighted by Crippen LogP contribution is 2.27. The Morgan fingerprint density at radius 1 is 1.47 bits per heavy atom. The minimum Gasteiger partial charge on any atom is -0.380 e. The van der Waals surface area contributed by atoms with Gasteiger partial charge in [-0.2, -0.15) is 0 Å². The Morgan fingerprint density at radius 3 is 2.88 bits per heavy atom. The minimum absolute atomic E-state index is 0.0781. The van der Waals surface area contributed by atoms with Crippen LogP contribution in [0.5, 0.6) is 0 Å². The third-order valence-electron chi connectivity index (χ3n) is 3.47. The molecule has 0 amide bonds. The maximum atomic E-state index is 5.83. The van der Waals surface area contributed by atoms with E-state index in [1.54, 1.807) is 0 Å². The van der Waals surface area contributed by atoms with Gasteiger partial charge in [0.05, 0.1) is 12.2 Å². The van der Waals surface area contributed by atoms with E-state index in [-0.39, 0.29) is 5.60 Å². The van der Waals surface area contributed by atoms with Gasteiger partial charge in [-0.15, -0.1) is 0 Å². The molecule has 1 saturated heterocycles. The van der Waals surface area contributed by atoms with Crippen molar-refractivity contribution in [2.75, 3.05) is 26.4 Å². The van der Waals surface area contributed by atoms with Gasteiger partial charge in [-0.25, -0.2) is 0 Å². The van der Waals surface area contributed by atoms with Crippen LogP contribution < -0.4 is 5.32 Å². The van der Waals surface area contributed by atoms with E-state index in [0.717, 1.165) is 45.6 Å². The maximum absolute atomic E-state index is 5.83. The number of rotatable bonds is 7. The Morgan fingerprint density at radius 2 is 2.24 bits per heavy atom. The van der Waals surface area contributed by atoms with Crippen molar-refractivity contribution >= 4 is 0 Å². The number of hydrogen-bond donors (Lipinski definition) is 1. The summed E-state index contributed by atoms with van der Waals surface area (Å²) >= 11 is 0. The summed E-state index contributed by atoms with van der Waals surface area (Å²) in [6.07, 6.45) is 3.34. The Labute approximate surface area is 106 Å². The molecule has 1 N–H and O–H groups in total. The Hall–Kier alpha value is -0.120. The normalized spacial score (nSPS) is 29.8. The van der Waals surface area contributed by atoms with Gasteiger partial charge in [-0.1, -0.05) is 20.8 Å². The molecule has 0 aromatic heterocycles. The van der Waals surface area contributed by atoms with E-state index >= 15 is 0 Å². The SMILES string of the molecule is CCC1(C)CC(NCCOCC(C)C)CCO1. The smallest absolute Gasteiger partial charge is 0.0666 e. The van der Waals surface area contributed by atoms with Crippen molar-refractivity contribution in [1.29, 1.82) is 0 Å². The molecule has 102 valence electrons. The van der Waals surface area contributed by atoms with Gasteiger partial charge in [-0.05, 0) is 32.1 Å². The van der Waals surface area contributed by atoms with E-state index in [4.69, 9.17) is 9.47 Å². The summed E-state index contributed by atoms with van der Waals surface area (Å²) in [6, 6.07) is 0.594. The molecular formula is C14H29NO2. The summed E-state index contributed by atoms with van der Waals surface area (Å²) in [5.74, 6) is 0.626. The summed E-state index contributed by atoms with van der Waals surface area (Å²) in [5.41, 5.74) is 0.0781. The molecule has 1 rings (SSSR count). The molecule has 17 heavy (non-hydrogen) atoms. The molecule has 0 radical (unpaired) electrons. The standard InChI is InChI=1S/C14H29NO2/c1-5-14(4)10-13(6-8-17-14)15-7-9-16-11-12(2)3/h12-13,15H,5-11H2,1-4H3.